The van der Waals surface area contributed by atoms with Crippen molar-refractivity contribution in [2.24, 2.45) is 0 Å². The Morgan fingerprint density at radius 1 is 0.543 bits per heavy atom. The molecule has 0 unspecified atom stereocenters. The molecule has 3 aromatic carbocycles. The molecule has 0 amide bonds. The third kappa shape index (κ3) is 29.2. The van der Waals surface area contributed by atoms with E-state index in [0.717, 1.165) is 27.8 Å². The summed E-state index contributed by atoms with van der Waals surface area (Å²) < 4.78 is 23.6. The minimum absolute atomic E-state index is 0. The molecule has 269 valence electrons. The van der Waals surface area contributed by atoms with Gasteiger partial charge < -0.3 is 23.7 Å². The van der Waals surface area contributed by atoms with Crippen LogP contribution in [0.1, 0.15) is 101 Å². The first-order valence-corrected chi connectivity index (χ1v) is 11.8. The van der Waals surface area contributed by atoms with Gasteiger partial charge in [-0.2, -0.15) is 0 Å². The standard InChI is InChI=1S/C13H12O2.C9H10O2.C5H10O2.C3H8O2.7CH4.B.H2/c1-9(14)10-3-4-12-8-13(15-2)6-5-11(12)7-10;1-7(10)8-3-5-9(11-2)6-4-8;1-5(6)3-4-7-2;1-4-3-5-2;;;;;;;;;/h3-8H,1-2H3;3-6H,1-2H3;3-4H2,1-2H3;3H2,1-2H3;7*1H4;;1H/i;;;;;;;;;;;;1+1. The Hall–Kier alpha value is -3.53. The van der Waals surface area contributed by atoms with Crippen molar-refractivity contribution >= 4 is 36.5 Å². The van der Waals surface area contributed by atoms with E-state index < -0.39 is 0 Å². The van der Waals surface area contributed by atoms with Gasteiger partial charge in [0, 0.05) is 48.7 Å². The van der Waals surface area contributed by atoms with Crippen LogP contribution >= 0.6 is 0 Å². The zero-order valence-corrected chi connectivity index (χ0v) is 24.2. The summed E-state index contributed by atoms with van der Waals surface area (Å²) in [6, 6.07) is 18.5. The summed E-state index contributed by atoms with van der Waals surface area (Å²) in [6.45, 7) is 5.61. The number of hydrogen-bond acceptors (Lipinski definition) is 8. The average molecular weight is 655 g/mol. The highest BCUT2D eigenvalue weighted by Crippen LogP contribution is 2.22. The second kappa shape index (κ2) is 39.5. The van der Waals surface area contributed by atoms with Crippen molar-refractivity contribution in [3.63, 3.8) is 0 Å². The number of carbonyl (C=O) groups is 3. The van der Waals surface area contributed by atoms with Gasteiger partial charge in [-0.05, 0) is 74.0 Å². The minimum Gasteiger partial charge on any atom is -0.497 e. The lowest BCUT2D eigenvalue weighted by atomic mass is 10.0. The Kier molecular flexibility index (Phi) is 56.0. The molecular formula is C37H70BO8. The third-order valence-electron chi connectivity index (χ3n) is 4.84. The van der Waals surface area contributed by atoms with Gasteiger partial charge >= 0.3 is 0 Å². The van der Waals surface area contributed by atoms with Crippen LogP contribution in [0, 0.1) is 0 Å². The fourth-order valence-electron chi connectivity index (χ4n) is 2.76. The van der Waals surface area contributed by atoms with Gasteiger partial charge in [-0.1, -0.05) is 70.2 Å². The van der Waals surface area contributed by atoms with E-state index in [4.69, 9.17) is 9.47 Å². The van der Waals surface area contributed by atoms with Crippen LogP contribution in [0.25, 0.3) is 10.8 Å². The molecule has 9 heteroatoms. The van der Waals surface area contributed by atoms with E-state index in [-0.39, 0.29) is 79.2 Å². The molecule has 3 radical (unpaired) electrons. The Morgan fingerprint density at radius 2 is 0.935 bits per heavy atom. The van der Waals surface area contributed by atoms with Gasteiger partial charge in [0.2, 0.25) is 0 Å². The third-order valence-corrected chi connectivity index (χ3v) is 4.84. The van der Waals surface area contributed by atoms with Crippen LogP contribution < -0.4 is 9.47 Å². The number of benzene rings is 3. The summed E-state index contributed by atoms with van der Waals surface area (Å²) in [5, 5.41) is 2.14. The second-order valence-electron chi connectivity index (χ2n) is 7.91. The molecule has 0 saturated carbocycles. The van der Waals surface area contributed by atoms with E-state index in [1.807, 2.05) is 36.4 Å². The molecule has 0 N–H and O–H groups in total. The van der Waals surface area contributed by atoms with Crippen LogP contribution in [0.2, 0.25) is 0 Å². The molecule has 3 aromatic rings. The maximum absolute atomic E-state index is 11.2. The Bertz CT molecular complexity index is 1120. The van der Waals surface area contributed by atoms with E-state index in [1.165, 1.54) is 0 Å². The van der Waals surface area contributed by atoms with Crippen LogP contribution in [-0.4, -0.2) is 74.7 Å². The van der Waals surface area contributed by atoms with Gasteiger partial charge in [0.1, 0.15) is 24.1 Å². The second-order valence-corrected chi connectivity index (χ2v) is 7.91. The predicted molar refractivity (Wildman–Crippen MR) is 205 cm³/mol. The molecule has 0 heterocycles. The summed E-state index contributed by atoms with van der Waals surface area (Å²) in [5.74, 6) is 1.95. The zero-order valence-electron chi connectivity index (χ0n) is 24.2. The smallest absolute Gasteiger partial charge is 0.159 e. The van der Waals surface area contributed by atoms with Gasteiger partial charge in [0.05, 0.1) is 20.8 Å². The SMILES string of the molecule is C.C.C.C.C.C.C.COCCC(C)=O.COCOC.COc1ccc(C(C)=O)cc1.COc1ccc2cc(C(C)=O)ccc2c1.[2HH].[B]. The van der Waals surface area contributed by atoms with Crippen molar-refractivity contribution in [2.45, 2.75) is 79.2 Å². The van der Waals surface area contributed by atoms with Gasteiger partial charge in [0.25, 0.3) is 0 Å². The number of fused-ring (bicyclic) bond motifs is 1. The highest BCUT2D eigenvalue weighted by molar-refractivity contribution is 5.98. The fraction of sp³-hybridized carbons (Fsp3) is 0.486. The molecule has 0 spiro atoms. The first-order valence-electron chi connectivity index (χ1n) is 11.8. The molecule has 3 rings (SSSR count). The summed E-state index contributed by atoms with van der Waals surface area (Å²) in [6.07, 6.45) is 0.538. The molecule has 0 atom stereocenters. The maximum Gasteiger partial charge on any atom is 0.159 e. The first kappa shape index (κ1) is 65.2. The molecule has 0 aliphatic heterocycles. The highest BCUT2D eigenvalue weighted by Gasteiger charge is 2.01. The maximum atomic E-state index is 11.2. The first-order chi connectivity index (χ1) is 18.1. The van der Waals surface area contributed by atoms with Gasteiger partial charge in [-0.25, -0.2) is 0 Å². The lowest BCUT2D eigenvalue weighted by Gasteiger charge is -2.03. The molecule has 0 aromatic heterocycles. The molecule has 0 aliphatic carbocycles. The molecule has 46 heavy (non-hydrogen) atoms. The van der Waals surface area contributed by atoms with Crippen molar-refractivity contribution in [3.05, 3.63) is 71.8 Å². The predicted octanol–water partition coefficient (Wildman–Crippen LogP) is 10.1. The summed E-state index contributed by atoms with van der Waals surface area (Å²) in [7, 11) is 8.00. The van der Waals surface area contributed by atoms with Crippen LogP contribution in [0.4, 0.5) is 0 Å². The van der Waals surface area contributed by atoms with Crippen molar-refractivity contribution in [1.29, 1.82) is 0 Å². The lowest BCUT2D eigenvalue weighted by Crippen LogP contribution is -1.95. The molecule has 0 saturated heterocycles. The summed E-state index contributed by atoms with van der Waals surface area (Å²) in [5.41, 5.74) is 1.46. The Balaban J connectivity index is -0.0000000486. The monoisotopic (exact) mass is 655 g/mol. The lowest BCUT2D eigenvalue weighted by molar-refractivity contribution is -0.117. The van der Waals surface area contributed by atoms with E-state index in [9.17, 15) is 14.4 Å². The number of ether oxygens (including phenoxy) is 5. The van der Waals surface area contributed by atoms with Gasteiger partial charge in [-0.3, -0.25) is 14.4 Å². The number of hydrogen-bond donors (Lipinski definition) is 0. The molecule has 8 nitrogen and oxygen atoms in total. The highest BCUT2D eigenvalue weighted by atomic mass is 16.6. The van der Waals surface area contributed by atoms with Crippen LogP contribution in [-0.2, 0) is 19.0 Å². The number of carbonyl (C=O) groups excluding carboxylic acids is 3. The normalized spacial score (nSPS) is 7.83. The number of methoxy groups -OCH3 is 5. The van der Waals surface area contributed by atoms with Crippen LogP contribution in [0.5, 0.6) is 11.5 Å². The quantitative estimate of drug-likeness (QED) is 0.128. The van der Waals surface area contributed by atoms with Crippen molar-refractivity contribution in [1.82, 2.24) is 0 Å². The van der Waals surface area contributed by atoms with Gasteiger partial charge in [-0.15, -0.1) is 0 Å². The fourth-order valence-corrected chi connectivity index (χ4v) is 2.76. The van der Waals surface area contributed by atoms with Crippen molar-refractivity contribution in [2.75, 3.05) is 48.9 Å². The minimum atomic E-state index is 0. The number of ketones is 3. The molecule has 0 fully saturated rings. The summed E-state index contributed by atoms with van der Waals surface area (Å²) in [4.78, 5) is 32.1. The molecule has 0 bridgehead atoms. The Labute approximate surface area is 287 Å². The van der Waals surface area contributed by atoms with E-state index in [1.54, 1.807) is 80.6 Å². The van der Waals surface area contributed by atoms with Crippen molar-refractivity contribution < 1.29 is 39.5 Å². The summed E-state index contributed by atoms with van der Waals surface area (Å²) >= 11 is 0. The zero-order chi connectivity index (χ0) is 28.9. The molecular weight excluding hydrogens is 583 g/mol. The van der Waals surface area contributed by atoms with Crippen molar-refractivity contribution in [3.8, 4) is 11.5 Å². The van der Waals surface area contributed by atoms with Crippen LogP contribution in [0.3, 0.4) is 0 Å². The Morgan fingerprint density at radius 3 is 1.26 bits per heavy atom. The topological polar surface area (TPSA) is 97.4 Å². The van der Waals surface area contributed by atoms with E-state index in [2.05, 4.69) is 14.2 Å². The number of rotatable bonds is 9. The number of Topliss-reactive ketones (excluding diaryl/α,β-unsaturated/α-hetero) is 3. The van der Waals surface area contributed by atoms with E-state index in [0.29, 0.717) is 25.4 Å². The molecule has 0 aliphatic rings. The average Bonchev–Trinajstić information content (AvgIpc) is 2.92. The van der Waals surface area contributed by atoms with Crippen LogP contribution in [0.15, 0.2) is 60.7 Å². The van der Waals surface area contributed by atoms with E-state index >= 15 is 0 Å². The largest absolute Gasteiger partial charge is 0.497 e. The van der Waals surface area contributed by atoms with Gasteiger partial charge in [0.15, 0.2) is 11.6 Å².